The van der Waals surface area contributed by atoms with E-state index in [0.29, 0.717) is 6.54 Å². The average Bonchev–Trinajstić information content (AvgIpc) is 3.06. The molecule has 0 spiro atoms. The number of rotatable bonds is 6. The zero-order chi connectivity index (χ0) is 17.0. The second-order valence-corrected chi connectivity index (χ2v) is 5.82. The molecule has 0 unspecified atom stereocenters. The van der Waals surface area contributed by atoms with Crippen molar-refractivity contribution in [3.05, 3.63) is 29.1 Å². The molecule has 2 N–H and O–H groups in total. The monoisotopic (exact) mass is 319 g/mol. The zero-order valence-electron chi connectivity index (χ0n) is 14.4. The third kappa shape index (κ3) is 3.88. The van der Waals surface area contributed by atoms with Gasteiger partial charge in [0.1, 0.15) is 6.33 Å². The average molecular weight is 319 g/mol. The van der Waals surface area contributed by atoms with Crippen molar-refractivity contribution in [1.29, 1.82) is 0 Å². The quantitative estimate of drug-likeness (QED) is 0.851. The molecule has 0 fully saturated rings. The summed E-state index contributed by atoms with van der Waals surface area (Å²) in [6.45, 7) is 9.20. The predicted molar refractivity (Wildman–Crippen MR) is 86.8 cm³/mol. The molecule has 0 bridgehead atoms. The van der Waals surface area contributed by atoms with Gasteiger partial charge in [0, 0.05) is 24.8 Å². The van der Waals surface area contributed by atoms with Crippen LogP contribution < -0.4 is 5.32 Å². The molecule has 2 heterocycles. The van der Waals surface area contributed by atoms with E-state index in [4.69, 9.17) is 0 Å². The molecule has 0 radical (unpaired) electrons. The van der Waals surface area contributed by atoms with E-state index in [1.165, 1.54) is 0 Å². The van der Waals surface area contributed by atoms with Gasteiger partial charge in [-0.3, -0.25) is 5.10 Å². The topological polar surface area (TPSA) is 91.7 Å². The molecule has 2 aromatic heterocycles. The maximum Gasteiger partial charge on any atom is 0.318 e. The number of amides is 2. The Balaban J connectivity index is 1.98. The number of carbonyl (C=O) groups is 1. The van der Waals surface area contributed by atoms with E-state index >= 15 is 0 Å². The van der Waals surface area contributed by atoms with Gasteiger partial charge in [-0.05, 0) is 27.2 Å². The van der Waals surface area contributed by atoms with E-state index in [-0.39, 0.29) is 12.1 Å². The van der Waals surface area contributed by atoms with E-state index in [0.717, 1.165) is 35.7 Å². The third-order valence-electron chi connectivity index (χ3n) is 3.84. The normalized spacial score (nSPS) is 12.2. The lowest BCUT2D eigenvalue weighted by Gasteiger charge is -2.21. The van der Waals surface area contributed by atoms with Crippen LogP contribution in [0.5, 0.6) is 0 Å². The lowest BCUT2D eigenvalue weighted by atomic mass is 10.1. The number of aromatic nitrogens is 5. The first-order valence-corrected chi connectivity index (χ1v) is 7.83. The number of H-pyrrole nitrogens is 1. The molecule has 126 valence electrons. The minimum atomic E-state index is -0.149. The van der Waals surface area contributed by atoms with E-state index in [9.17, 15) is 4.79 Å². The van der Waals surface area contributed by atoms with Crippen LogP contribution in [-0.2, 0) is 13.1 Å². The Hall–Kier alpha value is -2.38. The summed E-state index contributed by atoms with van der Waals surface area (Å²) in [5.74, 6) is 0.785. The molecule has 0 aliphatic rings. The number of aromatic amines is 1. The molecular weight excluding hydrogens is 294 g/mol. The highest BCUT2D eigenvalue weighted by Gasteiger charge is 2.19. The summed E-state index contributed by atoms with van der Waals surface area (Å²) < 4.78 is 1.97. The predicted octanol–water partition coefficient (Wildman–Crippen LogP) is 1.93. The number of hydrogen-bond acceptors (Lipinski definition) is 4. The van der Waals surface area contributed by atoms with Gasteiger partial charge in [0.15, 0.2) is 5.82 Å². The summed E-state index contributed by atoms with van der Waals surface area (Å²) in [7, 11) is 1.75. The highest BCUT2D eigenvalue weighted by atomic mass is 16.2. The van der Waals surface area contributed by atoms with Gasteiger partial charge in [-0.2, -0.15) is 5.10 Å². The number of urea groups is 1. The molecule has 23 heavy (non-hydrogen) atoms. The van der Waals surface area contributed by atoms with Crippen LogP contribution in [0.4, 0.5) is 4.79 Å². The first-order chi connectivity index (χ1) is 10.9. The summed E-state index contributed by atoms with van der Waals surface area (Å²) in [6, 6.07) is -0.263. The van der Waals surface area contributed by atoms with Crippen LogP contribution >= 0.6 is 0 Å². The van der Waals surface area contributed by atoms with Gasteiger partial charge in [0.25, 0.3) is 0 Å². The van der Waals surface area contributed by atoms with Crippen LogP contribution in [0, 0.1) is 13.8 Å². The minimum absolute atomic E-state index is 0.114. The second kappa shape index (κ2) is 7.26. The van der Waals surface area contributed by atoms with Crippen molar-refractivity contribution in [2.45, 2.75) is 53.2 Å². The van der Waals surface area contributed by atoms with Crippen LogP contribution in [0.2, 0.25) is 0 Å². The zero-order valence-corrected chi connectivity index (χ0v) is 14.4. The van der Waals surface area contributed by atoms with Gasteiger partial charge < -0.3 is 14.8 Å². The van der Waals surface area contributed by atoms with E-state index < -0.39 is 0 Å². The van der Waals surface area contributed by atoms with Crippen molar-refractivity contribution in [2.24, 2.45) is 0 Å². The molecule has 2 aromatic rings. The Bertz CT molecular complexity index is 641. The number of nitrogens with one attached hydrogen (secondary N) is 2. The first-order valence-electron chi connectivity index (χ1n) is 7.83. The molecule has 8 heteroatoms. The number of nitrogens with zero attached hydrogens (tertiary/aromatic N) is 5. The maximum atomic E-state index is 12.4. The fourth-order valence-electron chi connectivity index (χ4n) is 2.68. The largest absolute Gasteiger partial charge is 0.331 e. The van der Waals surface area contributed by atoms with Crippen molar-refractivity contribution in [3.8, 4) is 0 Å². The summed E-state index contributed by atoms with van der Waals surface area (Å²) in [4.78, 5) is 14.0. The van der Waals surface area contributed by atoms with Gasteiger partial charge in [0.05, 0.1) is 18.3 Å². The molecule has 0 aliphatic carbocycles. The van der Waals surface area contributed by atoms with Crippen molar-refractivity contribution in [2.75, 3.05) is 7.05 Å². The highest BCUT2D eigenvalue weighted by Crippen LogP contribution is 2.19. The Kier molecular flexibility index (Phi) is 5.36. The van der Waals surface area contributed by atoms with E-state index in [1.807, 2.05) is 25.3 Å². The third-order valence-corrected chi connectivity index (χ3v) is 3.84. The van der Waals surface area contributed by atoms with Crippen LogP contribution in [0.3, 0.4) is 0 Å². The lowest BCUT2D eigenvalue weighted by Crippen LogP contribution is -2.39. The van der Waals surface area contributed by atoms with Crippen molar-refractivity contribution in [3.63, 3.8) is 0 Å². The molecule has 2 rings (SSSR count). The molecule has 8 nitrogen and oxygen atoms in total. The molecule has 0 saturated heterocycles. The highest BCUT2D eigenvalue weighted by molar-refractivity contribution is 5.74. The summed E-state index contributed by atoms with van der Waals surface area (Å²) >= 11 is 0. The van der Waals surface area contributed by atoms with Crippen molar-refractivity contribution >= 4 is 6.03 Å². The number of aryl methyl sites for hydroxylation is 3. The Morgan fingerprint density at radius 2 is 2.22 bits per heavy atom. The Labute approximate surface area is 136 Å². The summed E-state index contributed by atoms with van der Waals surface area (Å²) in [5, 5.41) is 18.1. The Morgan fingerprint density at radius 3 is 2.83 bits per heavy atom. The van der Waals surface area contributed by atoms with Crippen LogP contribution in [0.1, 0.15) is 49.1 Å². The molecule has 0 aliphatic heterocycles. The smallest absolute Gasteiger partial charge is 0.318 e. The number of hydrogen-bond donors (Lipinski definition) is 2. The van der Waals surface area contributed by atoms with Crippen LogP contribution in [-0.4, -0.2) is 42.9 Å². The summed E-state index contributed by atoms with van der Waals surface area (Å²) in [6.07, 6.45) is 2.70. The van der Waals surface area contributed by atoms with Crippen molar-refractivity contribution in [1.82, 2.24) is 35.2 Å². The van der Waals surface area contributed by atoms with E-state index in [1.54, 1.807) is 18.3 Å². The van der Waals surface area contributed by atoms with Gasteiger partial charge in [-0.1, -0.05) is 6.92 Å². The SMILES string of the molecule is CCCn1cnnc1CN(C)C(=O)N[C@@H](C)c1c(C)n[nH]c1C. The molecule has 1 atom stereocenters. The fourth-order valence-corrected chi connectivity index (χ4v) is 2.68. The maximum absolute atomic E-state index is 12.4. The van der Waals surface area contributed by atoms with Crippen LogP contribution in [0.15, 0.2) is 6.33 Å². The fraction of sp³-hybridized carbons (Fsp3) is 0.600. The van der Waals surface area contributed by atoms with E-state index in [2.05, 4.69) is 32.6 Å². The van der Waals surface area contributed by atoms with Crippen molar-refractivity contribution < 1.29 is 4.79 Å². The van der Waals surface area contributed by atoms with Gasteiger partial charge >= 0.3 is 6.03 Å². The molecule has 0 saturated carbocycles. The number of carbonyl (C=O) groups excluding carboxylic acids is 1. The van der Waals surface area contributed by atoms with Gasteiger partial charge in [-0.25, -0.2) is 4.79 Å². The standard InChI is InChI=1S/C15H25N7O/c1-6-7-22-9-16-20-13(22)8-21(5)15(23)17-10(2)14-11(3)18-19-12(14)4/h9-10H,6-8H2,1-5H3,(H,17,23)(H,18,19)/t10-/m0/s1. The molecule has 0 aromatic carbocycles. The minimum Gasteiger partial charge on any atom is -0.331 e. The van der Waals surface area contributed by atoms with Crippen LogP contribution in [0.25, 0.3) is 0 Å². The summed E-state index contributed by atoms with van der Waals surface area (Å²) in [5.41, 5.74) is 2.90. The molecule has 2 amide bonds. The van der Waals surface area contributed by atoms with Gasteiger partial charge in [0.2, 0.25) is 0 Å². The Morgan fingerprint density at radius 1 is 1.48 bits per heavy atom. The first kappa shape index (κ1) is 17.0. The lowest BCUT2D eigenvalue weighted by molar-refractivity contribution is 0.201. The molecular formula is C15H25N7O. The second-order valence-electron chi connectivity index (χ2n) is 5.82. The van der Waals surface area contributed by atoms with Gasteiger partial charge in [-0.15, -0.1) is 10.2 Å².